The van der Waals surface area contributed by atoms with Gasteiger partial charge < -0.3 is 19.5 Å². The van der Waals surface area contributed by atoms with E-state index in [1.165, 1.54) is 0 Å². The first-order valence-corrected chi connectivity index (χ1v) is 9.02. The summed E-state index contributed by atoms with van der Waals surface area (Å²) in [5.74, 6) is 1.59. The Hall–Kier alpha value is -1.92. The van der Waals surface area contributed by atoms with E-state index in [4.69, 9.17) is 25.8 Å². The zero-order valence-corrected chi connectivity index (χ0v) is 15.7. The van der Waals surface area contributed by atoms with Crippen LogP contribution in [0.15, 0.2) is 40.9 Å². The highest BCUT2D eigenvalue weighted by atomic mass is 79.9. The molecule has 1 heterocycles. The second-order valence-electron chi connectivity index (χ2n) is 5.47. The summed E-state index contributed by atoms with van der Waals surface area (Å²) in [4.78, 5) is 12.0. The minimum Gasteiger partial charge on any atom is -0.489 e. The molecule has 1 amide bonds. The lowest BCUT2D eigenvalue weighted by atomic mass is 10.2. The molecule has 132 valence electrons. The van der Waals surface area contributed by atoms with Crippen LogP contribution < -0.4 is 19.5 Å². The Morgan fingerprint density at radius 1 is 1.20 bits per heavy atom. The van der Waals surface area contributed by atoms with Crippen molar-refractivity contribution in [1.82, 2.24) is 5.32 Å². The maximum Gasteiger partial charge on any atom is 0.258 e. The van der Waals surface area contributed by atoms with E-state index in [2.05, 4.69) is 21.2 Å². The minimum atomic E-state index is -0.217. The van der Waals surface area contributed by atoms with Crippen molar-refractivity contribution in [2.24, 2.45) is 0 Å². The summed E-state index contributed by atoms with van der Waals surface area (Å²) in [6.45, 7) is 1.44. The first kappa shape index (κ1) is 17.9. The van der Waals surface area contributed by atoms with Gasteiger partial charge in [-0.15, -0.1) is 0 Å². The van der Waals surface area contributed by atoms with Gasteiger partial charge in [0.15, 0.2) is 18.1 Å². The maximum absolute atomic E-state index is 12.0. The van der Waals surface area contributed by atoms with E-state index in [-0.39, 0.29) is 12.5 Å². The summed E-state index contributed by atoms with van der Waals surface area (Å²) >= 11 is 9.59. The third-order valence-electron chi connectivity index (χ3n) is 3.54. The summed E-state index contributed by atoms with van der Waals surface area (Å²) in [5, 5.41) is 3.28. The quantitative estimate of drug-likeness (QED) is 0.786. The van der Waals surface area contributed by atoms with E-state index in [9.17, 15) is 4.79 Å². The van der Waals surface area contributed by atoms with Crippen LogP contribution in [-0.4, -0.2) is 25.7 Å². The average Bonchev–Trinajstić information content (AvgIpc) is 2.85. The van der Waals surface area contributed by atoms with E-state index in [0.29, 0.717) is 42.0 Å². The van der Waals surface area contributed by atoms with E-state index >= 15 is 0 Å². The van der Waals surface area contributed by atoms with Crippen LogP contribution in [0, 0.1) is 0 Å². The van der Waals surface area contributed by atoms with Crippen LogP contribution >= 0.6 is 27.5 Å². The molecule has 2 aromatic carbocycles. The number of ether oxygens (including phenoxy) is 3. The number of carbonyl (C=O) groups excluding carboxylic acids is 1. The molecule has 0 fully saturated rings. The van der Waals surface area contributed by atoms with Crippen molar-refractivity contribution in [2.45, 2.75) is 13.0 Å². The van der Waals surface area contributed by atoms with Crippen molar-refractivity contribution in [1.29, 1.82) is 0 Å². The predicted octanol–water partition coefficient (Wildman–Crippen LogP) is 3.96. The van der Waals surface area contributed by atoms with Gasteiger partial charge in [-0.25, -0.2) is 0 Å². The van der Waals surface area contributed by atoms with Crippen molar-refractivity contribution in [3.63, 3.8) is 0 Å². The minimum absolute atomic E-state index is 0.0556. The van der Waals surface area contributed by atoms with Crippen molar-refractivity contribution >= 4 is 33.4 Å². The fraction of sp³-hybridized carbons (Fsp3) is 0.278. The summed E-state index contributed by atoms with van der Waals surface area (Å²) in [7, 11) is 0. The summed E-state index contributed by atoms with van der Waals surface area (Å²) in [6, 6.07) is 10.9. The van der Waals surface area contributed by atoms with Gasteiger partial charge in [-0.05, 0) is 42.0 Å². The molecular weight excluding hydrogens is 410 g/mol. The zero-order chi connectivity index (χ0) is 17.6. The van der Waals surface area contributed by atoms with Gasteiger partial charge in [-0.3, -0.25) is 4.79 Å². The molecule has 0 radical (unpaired) electrons. The molecule has 0 saturated heterocycles. The number of benzene rings is 2. The van der Waals surface area contributed by atoms with Crippen LogP contribution in [0.3, 0.4) is 0 Å². The number of fused-ring (bicyclic) bond motifs is 1. The normalized spacial score (nSPS) is 13.0. The van der Waals surface area contributed by atoms with E-state index in [0.717, 1.165) is 16.5 Å². The van der Waals surface area contributed by atoms with Gasteiger partial charge >= 0.3 is 0 Å². The Labute approximate surface area is 159 Å². The number of rotatable bonds is 5. The highest BCUT2D eigenvalue weighted by Crippen LogP contribution is 2.37. The van der Waals surface area contributed by atoms with Gasteiger partial charge in [0.05, 0.1) is 18.2 Å². The van der Waals surface area contributed by atoms with E-state index < -0.39 is 0 Å². The van der Waals surface area contributed by atoms with E-state index in [1.54, 1.807) is 18.2 Å². The van der Waals surface area contributed by atoms with Crippen molar-refractivity contribution in [3.8, 4) is 17.2 Å². The molecule has 0 aliphatic carbocycles. The summed E-state index contributed by atoms with van der Waals surface area (Å²) in [5.41, 5.74) is 0.839. The van der Waals surface area contributed by atoms with Crippen LogP contribution in [-0.2, 0) is 11.3 Å². The lowest BCUT2D eigenvalue weighted by molar-refractivity contribution is -0.123. The third kappa shape index (κ3) is 5.03. The van der Waals surface area contributed by atoms with Gasteiger partial charge in [-0.2, -0.15) is 0 Å². The molecule has 3 rings (SSSR count). The standard InChI is InChI=1S/C18H17BrClNO4/c19-13-2-4-14(5-3-13)25-11-17(22)21-10-12-8-15(20)18-16(9-12)23-6-1-7-24-18/h2-5,8-9H,1,6-7,10-11H2,(H,21,22). The number of hydrogen-bond donors (Lipinski definition) is 1. The number of halogens is 2. The molecule has 0 saturated carbocycles. The molecule has 7 heteroatoms. The zero-order valence-electron chi connectivity index (χ0n) is 13.4. The second-order valence-corrected chi connectivity index (χ2v) is 6.80. The van der Waals surface area contributed by atoms with Crippen LogP contribution in [0.1, 0.15) is 12.0 Å². The van der Waals surface area contributed by atoms with Gasteiger partial charge in [0.25, 0.3) is 5.91 Å². The first-order chi connectivity index (χ1) is 12.1. The van der Waals surface area contributed by atoms with Gasteiger partial charge in [0.1, 0.15) is 5.75 Å². The topological polar surface area (TPSA) is 56.8 Å². The number of hydrogen-bond acceptors (Lipinski definition) is 4. The Morgan fingerprint density at radius 2 is 1.96 bits per heavy atom. The molecular formula is C18H17BrClNO4. The lowest BCUT2D eigenvalue weighted by Crippen LogP contribution is -2.28. The Balaban J connectivity index is 1.54. The number of nitrogens with one attached hydrogen (secondary N) is 1. The summed E-state index contributed by atoms with van der Waals surface area (Å²) < 4.78 is 17.6. The maximum atomic E-state index is 12.0. The third-order valence-corrected chi connectivity index (χ3v) is 4.34. The van der Waals surface area contributed by atoms with Crippen LogP contribution in [0.2, 0.25) is 5.02 Å². The van der Waals surface area contributed by atoms with Crippen LogP contribution in [0.25, 0.3) is 0 Å². The Bertz CT molecular complexity index is 751. The van der Waals surface area contributed by atoms with Gasteiger partial charge in [-0.1, -0.05) is 27.5 Å². The van der Waals surface area contributed by atoms with Crippen molar-refractivity contribution < 1.29 is 19.0 Å². The highest BCUT2D eigenvalue weighted by molar-refractivity contribution is 9.10. The SMILES string of the molecule is O=C(COc1ccc(Br)cc1)NCc1cc(Cl)c2c(c1)OCCCO2. The van der Waals surface area contributed by atoms with Crippen LogP contribution in [0.4, 0.5) is 0 Å². The summed E-state index contributed by atoms with van der Waals surface area (Å²) in [6.07, 6.45) is 0.810. The monoisotopic (exact) mass is 425 g/mol. The van der Waals surface area contributed by atoms with Crippen molar-refractivity contribution in [3.05, 3.63) is 51.5 Å². The molecule has 5 nitrogen and oxygen atoms in total. The molecule has 0 atom stereocenters. The van der Waals surface area contributed by atoms with Crippen LogP contribution in [0.5, 0.6) is 17.2 Å². The average molecular weight is 427 g/mol. The molecule has 0 bridgehead atoms. The second kappa shape index (κ2) is 8.45. The van der Waals surface area contributed by atoms with Gasteiger partial charge in [0, 0.05) is 17.4 Å². The predicted molar refractivity (Wildman–Crippen MR) is 98.5 cm³/mol. The number of carbonyl (C=O) groups is 1. The molecule has 1 aliphatic rings. The fourth-order valence-electron chi connectivity index (χ4n) is 2.32. The molecule has 2 aromatic rings. The molecule has 0 spiro atoms. The highest BCUT2D eigenvalue weighted by Gasteiger charge is 2.16. The fourth-order valence-corrected chi connectivity index (χ4v) is 2.87. The van der Waals surface area contributed by atoms with Gasteiger partial charge in [0.2, 0.25) is 0 Å². The molecule has 25 heavy (non-hydrogen) atoms. The van der Waals surface area contributed by atoms with E-state index in [1.807, 2.05) is 18.2 Å². The number of amides is 1. The molecule has 0 unspecified atom stereocenters. The first-order valence-electron chi connectivity index (χ1n) is 7.85. The lowest BCUT2D eigenvalue weighted by Gasteiger charge is -2.12. The molecule has 1 N–H and O–H groups in total. The Morgan fingerprint density at radius 3 is 2.76 bits per heavy atom. The largest absolute Gasteiger partial charge is 0.489 e. The smallest absolute Gasteiger partial charge is 0.258 e. The van der Waals surface area contributed by atoms with Crippen molar-refractivity contribution in [2.75, 3.05) is 19.8 Å². The Kier molecular flexibility index (Phi) is 6.04. The molecule has 0 aromatic heterocycles. The molecule has 1 aliphatic heterocycles.